The van der Waals surface area contributed by atoms with Crippen molar-refractivity contribution in [3.8, 4) is 5.75 Å². The number of hydrogen-bond acceptors (Lipinski definition) is 7. The van der Waals surface area contributed by atoms with Crippen LogP contribution in [0.15, 0.2) is 77.1 Å². The van der Waals surface area contributed by atoms with Gasteiger partial charge in [-0.1, -0.05) is 11.6 Å². The van der Waals surface area contributed by atoms with Gasteiger partial charge in [-0.25, -0.2) is 10.4 Å². The number of nitrogens with one attached hydrogen (secondary N) is 1. The Morgan fingerprint density at radius 3 is 2.43 bits per heavy atom. The number of nitrogens with zero attached hydrogens (tertiary/aromatic N) is 3. The van der Waals surface area contributed by atoms with Gasteiger partial charge in [0.25, 0.3) is 5.91 Å². The molecule has 1 aromatic heterocycles. The average molecular weight is 417 g/mol. The van der Waals surface area contributed by atoms with Crippen molar-refractivity contribution in [2.24, 2.45) is 5.10 Å². The predicted octanol–water partition coefficient (Wildman–Crippen LogP) is 2.66. The van der Waals surface area contributed by atoms with Crippen molar-refractivity contribution < 1.29 is 17.4 Å². The van der Waals surface area contributed by atoms with E-state index >= 15 is 0 Å². The zero-order valence-corrected chi connectivity index (χ0v) is 15.8. The molecule has 1 amide bonds. The zero-order chi connectivity index (χ0) is 20.0. The fourth-order valence-electron chi connectivity index (χ4n) is 2.02. The van der Waals surface area contributed by atoms with Crippen LogP contribution in [0.4, 0.5) is 0 Å². The molecule has 0 aliphatic rings. The highest BCUT2D eigenvalue weighted by Crippen LogP contribution is 2.20. The monoisotopic (exact) mass is 416 g/mol. The van der Waals surface area contributed by atoms with E-state index in [1.807, 2.05) is 0 Å². The third kappa shape index (κ3) is 5.12. The Morgan fingerprint density at radius 2 is 1.79 bits per heavy atom. The SMILES string of the molecule is O=C(N/N=C/c1ccc(OS(=O)(=O)c2ccc(Cl)cc2)cc1)c1cnccn1. The van der Waals surface area contributed by atoms with E-state index in [1.165, 1.54) is 61.2 Å². The molecule has 10 heteroatoms. The molecule has 3 aromatic rings. The quantitative estimate of drug-likeness (QED) is 0.375. The molecule has 0 atom stereocenters. The molecule has 0 bridgehead atoms. The van der Waals surface area contributed by atoms with Crippen molar-refractivity contribution in [1.82, 2.24) is 15.4 Å². The summed E-state index contributed by atoms with van der Waals surface area (Å²) in [6.45, 7) is 0. The number of aromatic nitrogens is 2. The number of benzene rings is 2. The number of amides is 1. The topological polar surface area (TPSA) is 111 Å². The van der Waals surface area contributed by atoms with E-state index in [9.17, 15) is 13.2 Å². The van der Waals surface area contributed by atoms with Gasteiger partial charge in [-0.3, -0.25) is 9.78 Å². The summed E-state index contributed by atoms with van der Waals surface area (Å²) in [5.74, 6) is -0.367. The van der Waals surface area contributed by atoms with Crippen LogP contribution in [0.5, 0.6) is 5.75 Å². The summed E-state index contributed by atoms with van der Waals surface area (Å²) in [4.78, 5) is 19.4. The second-order valence-corrected chi connectivity index (χ2v) is 7.33. The maximum Gasteiger partial charge on any atom is 0.339 e. The molecule has 0 fully saturated rings. The van der Waals surface area contributed by atoms with Crippen LogP contribution in [0, 0.1) is 0 Å². The van der Waals surface area contributed by atoms with E-state index in [-0.39, 0.29) is 16.3 Å². The molecule has 0 unspecified atom stereocenters. The van der Waals surface area contributed by atoms with Gasteiger partial charge in [-0.15, -0.1) is 0 Å². The second-order valence-electron chi connectivity index (χ2n) is 5.35. The van der Waals surface area contributed by atoms with Crippen molar-refractivity contribution in [1.29, 1.82) is 0 Å². The Balaban J connectivity index is 1.62. The molecule has 1 N–H and O–H groups in total. The smallest absolute Gasteiger partial charge is 0.339 e. The lowest BCUT2D eigenvalue weighted by Gasteiger charge is -2.07. The third-order valence-corrected chi connectivity index (χ3v) is 4.88. The van der Waals surface area contributed by atoms with Crippen LogP contribution in [-0.4, -0.2) is 30.5 Å². The van der Waals surface area contributed by atoms with Gasteiger partial charge in [0.15, 0.2) is 0 Å². The van der Waals surface area contributed by atoms with Gasteiger partial charge in [-0.05, 0) is 54.1 Å². The van der Waals surface area contributed by atoms with Gasteiger partial charge in [0.05, 0.1) is 12.4 Å². The maximum atomic E-state index is 12.2. The lowest BCUT2D eigenvalue weighted by molar-refractivity contribution is 0.0949. The molecule has 0 saturated heterocycles. The molecule has 2 aromatic carbocycles. The molecule has 28 heavy (non-hydrogen) atoms. The van der Waals surface area contributed by atoms with Gasteiger partial charge in [0.1, 0.15) is 16.3 Å². The maximum absolute atomic E-state index is 12.2. The highest BCUT2D eigenvalue weighted by molar-refractivity contribution is 7.87. The summed E-state index contributed by atoms with van der Waals surface area (Å²) < 4.78 is 29.5. The number of halogens is 1. The molecule has 142 valence electrons. The van der Waals surface area contributed by atoms with Crippen molar-refractivity contribution in [2.75, 3.05) is 0 Å². The van der Waals surface area contributed by atoms with Gasteiger partial charge < -0.3 is 4.18 Å². The fourth-order valence-corrected chi connectivity index (χ4v) is 3.08. The molecular formula is C18H13ClN4O4S. The van der Waals surface area contributed by atoms with Gasteiger partial charge >= 0.3 is 10.1 Å². The van der Waals surface area contributed by atoms with Crippen LogP contribution in [0.25, 0.3) is 0 Å². The number of carbonyl (C=O) groups is 1. The molecular weight excluding hydrogens is 404 g/mol. The first-order valence-electron chi connectivity index (χ1n) is 7.83. The van der Waals surface area contributed by atoms with Crippen LogP contribution in [0.2, 0.25) is 5.02 Å². The summed E-state index contributed by atoms with van der Waals surface area (Å²) in [5.41, 5.74) is 3.07. The van der Waals surface area contributed by atoms with E-state index in [0.717, 1.165) is 0 Å². The molecule has 0 saturated carbocycles. The first kappa shape index (κ1) is 19.5. The van der Waals surface area contributed by atoms with Crippen molar-refractivity contribution in [3.05, 3.63) is 83.4 Å². The molecule has 0 radical (unpaired) electrons. The summed E-state index contributed by atoms with van der Waals surface area (Å²) in [6.07, 6.45) is 5.57. The minimum atomic E-state index is -3.96. The summed E-state index contributed by atoms with van der Waals surface area (Å²) in [5, 5.41) is 4.24. The molecule has 0 aliphatic heterocycles. The van der Waals surface area contributed by atoms with Crippen LogP contribution < -0.4 is 9.61 Å². The Hall–Kier alpha value is -3.30. The molecule has 0 aliphatic carbocycles. The standard InChI is InChI=1S/C18H13ClN4O4S/c19-14-3-7-16(8-4-14)28(25,26)27-15-5-1-13(2-6-15)11-22-23-18(24)17-12-20-9-10-21-17/h1-12H,(H,23,24)/b22-11+. The summed E-state index contributed by atoms with van der Waals surface area (Å²) in [6, 6.07) is 11.8. The zero-order valence-electron chi connectivity index (χ0n) is 14.2. The highest BCUT2D eigenvalue weighted by Gasteiger charge is 2.16. The van der Waals surface area contributed by atoms with Crippen LogP contribution >= 0.6 is 11.6 Å². The first-order chi connectivity index (χ1) is 13.4. The number of hydrogen-bond donors (Lipinski definition) is 1. The number of hydrazone groups is 1. The van der Waals surface area contributed by atoms with Crippen molar-refractivity contribution in [3.63, 3.8) is 0 Å². The molecule has 8 nitrogen and oxygen atoms in total. The average Bonchev–Trinajstić information content (AvgIpc) is 2.70. The van der Waals surface area contributed by atoms with Crippen LogP contribution in [-0.2, 0) is 10.1 Å². The van der Waals surface area contributed by atoms with E-state index in [0.29, 0.717) is 10.6 Å². The first-order valence-corrected chi connectivity index (χ1v) is 9.62. The lowest BCUT2D eigenvalue weighted by Crippen LogP contribution is -2.19. The minimum Gasteiger partial charge on any atom is -0.379 e. The Kier molecular flexibility index (Phi) is 5.97. The minimum absolute atomic E-state index is 0.00531. The second kappa shape index (κ2) is 8.59. The third-order valence-electron chi connectivity index (χ3n) is 3.36. The normalized spacial score (nSPS) is 11.3. The van der Waals surface area contributed by atoms with Crippen molar-refractivity contribution in [2.45, 2.75) is 4.90 Å². The molecule has 3 rings (SSSR count). The van der Waals surface area contributed by atoms with Gasteiger partial charge in [0.2, 0.25) is 0 Å². The number of rotatable bonds is 6. The highest BCUT2D eigenvalue weighted by atomic mass is 35.5. The molecule has 0 spiro atoms. The van der Waals surface area contributed by atoms with E-state index in [4.69, 9.17) is 15.8 Å². The van der Waals surface area contributed by atoms with Crippen LogP contribution in [0.1, 0.15) is 16.1 Å². The Morgan fingerprint density at radius 1 is 1.07 bits per heavy atom. The summed E-state index contributed by atoms with van der Waals surface area (Å²) >= 11 is 5.75. The Bertz CT molecular complexity index is 1090. The lowest BCUT2D eigenvalue weighted by atomic mass is 10.2. The van der Waals surface area contributed by atoms with E-state index in [1.54, 1.807) is 12.1 Å². The Labute approximate surface area is 166 Å². The summed E-state index contributed by atoms with van der Waals surface area (Å²) in [7, 11) is -3.96. The van der Waals surface area contributed by atoms with E-state index < -0.39 is 16.0 Å². The van der Waals surface area contributed by atoms with Gasteiger partial charge in [0, 0.05) is 17.4 Å². The largest absolute Gasteiger partial charge is 0.379 e. The fraction of sp³-hybridized carbons (Fsp3) is 0. The molecule has 1 heterocycles. The number of carbonyl (C=O) groups excluding carboxylic acids is 1. The van der Waals surface area contributed by atoms with Crippen LogP contribution in [0.3, 0.4) is 0 Å². The van der Waals surface area contributed by atoms with Crippen molar-refractivity contribution >= 4 is 33.8 Å². The van der Waals surface area contributed by atoms with E-state index in [2.05, 4.69) is 20.5 Å². The van der Waals surface area contributed by atoms with Gasteiger partial charge in [-0.2, -0.15) is 13.5 Å². The predicted molar refractivity (Wildman–Crippen MR) is 103 cm³/mol.